The Morgan fingerprint density at radius 3 is 2.73 bits per heavy atom. The molecule has 1 rings (SSSR count). The topological polar surface area (TPSA) is 55.1 Å². The van der Waals surface area contributed by atoms with Crippen molar-refractivity contribution in [3.05, 3.63) is 21.9 Å². The molecule has 1 amide bonds. The summed E-state index contributed by atoms with van der Waals surface area (Å²) in [7, 11) is 0. The number of aryl methyl sites for hydroxylation is 1. The highest BCUT2D eigenvalue weighted by atomic mass is 32.1. The summed E-state index contributed by atoms with van der Waals surface area (Å²) in [6, 6.07) is 2.10. The van der Waals surface area contributed by atoms with E-state index in [0.717, 1.165) is 6.54 Å². The minimum Gasteiger partial charge on any atom is -0.369 e. The molecule has 0 saturated carbocycles. The highest BCUT2D eigenvalue weighted by Crippen LogP contribution is 2.16. The van der Waals surface area contributed by atoms with Crippen LogP contribution < -0.4 is 11.1 Å². The molecule has 1 heterocycles. The standard InChI is InChI=1S/C11H18N2OS/c1-8-4-5-15-9(8)6-13-7-11(2,3)10(12)14/h4-5,13H,6-7H2,1-3H3,(H2,12,14). The summed E-state index contributed by atoms with van der Waals surface area (Å²) in [4.78, 5) is 12.4. The molecule has 1 aromatic rings. The van der Waals surface area contributed by atoms with Gasteiger partial charge >= 0.3 is 0 Å². The molecular weight excluding hydrogens is 208 g/mol. The number of carbonyl (C=O) groups excluding carboxylic acids is 1. The molecule has 0 radical (unpaired) electrons. The van der Waals surface area contributed by atoms with E-state index in [1.807, 2.05) is 13.8 Å². The van der Waals surface area contributed by atoms with E-state index in [-0.39, 0.29) is 5.91 Å². The molecule has 0 aromatic carbocycles. The Bertz CT molecular complexity index is 344. The lowest BCUT2D eigenvalue weighted by molar-refractivity contribution is -0.125. The molecule has 0 saturated heterocycles. The first-order chi connectivity index (χ1) is 6.93. The first kappa shape index (κ1) is 12.2. The van der Waals surface area contributed by atoms with Gasteiger partial charge in [-0.3, -0.25) is 4.79 Å². The van der Waals surface area contributed by atoms with Gasteiger partial charge in [-0.25, -0.2) is 0 Å². The summed E-state index contributed by atoms with van der Waals surface area (Å²) >= 11 is 1.73. The average molecular weight is 226 g/mol. The normalized spacial score (nSPS) is 11.7. The zero-order valence-corrected chi connectivity index (χ0v) is 10.3. The Labute approximate surface area is 94.7 Å². The van der Waals surface area contributed by atoms with E-state index in [4.69, 9.17) is 5.73 Å². The first-order valence-electron chi connectivity index (χ1n) is 4.97. The Morgan fingerprint density at radius 2 is 2.27 bits per heavy atom. The van der Waals surface area contributed by atoms with Crippen LogP contribution in [0.2, 0.25) is 0 Å². The third-order valence-electron chi connectivity index (χ3n) is 2.49. The van der Waals surface area contributed by atoms with Crippen LogP contribution in [-0.4, -0.2) is 12.5 Å². The molecule has 0 spiro atoms. The molecular formula is C11H18N2OS. The van der Waals surface area contributed by atoms with Crippen LogP contribution in [0.4, 0.5) is 0 Å². The number of nitrogens with two attached hydrogens (primary N) is 1. The third-order valence-corrected chi connectivity index (χ3v) is 3.51. The van der Waals surface area contributed by atoms with Gasteiger partial charge < -0.3 is 11.1 Å². The van der Waals surface area contributed by atoms with Crippen LogP contribution in [0.25, 0.3) is 0 Å². The molecule has 0 fully saturated rings. The molecule has 0 aliphatic rings. The highest BCUT2D eigenvalue weighted by Gasteiger charge is 2.24. The number of rotatable bonds is 5. The fraction of sp³-hybridized carbons (Fsp3) is 0.545. The van der Waals surface area contributed by atoms with E-state index in [1.54, 1.807) is 11.3 Å². The number of hydrogen-bond donors (Lipinski definition) is 2. The smallest absolute Gasteiger partial charge is 0.224 e. The highest BCUT2D eigenvalue weighted by molar-refractivity contribution is 7.10. The minimum absolute atomic E-state index is 0.266. The largest absolute Gasteiger partial charge is 0.369 e. The maximum atomic E-state index is 11.1. The van der Waals surface area contributed by atoms with E-state index in [1.165, 1.54) is 10.4 Å². The first-order valence-corrected chi connectivity index (χ1v) is 5.85. The lowest BCUT2D eigenvalue weighted by Gasteiger charge is -2.20. The van der Waals surface area contributed by atoms with Crippen LogP contribution >= 0.6 is 11.3 Å². The SMILES string of the molecule is Cc1ccsc1CNCC(C)(C)C(N)=O. The van der Waals surface area contributed by atoms with Crippen LogP contribution in [0.15, 0.2) is 11.4 Å². The van der Waals surface area contributed by atoms with Gasteiger partial charge in [0, 0.05) is 18.0 Å². The number of hydrogen-bond acceptors (Lipinski definition) is 3. The Morgan fingerprint density at radius 1 is 1.60 bits per heavy atom. The summed E-state index contributed by atoms with van der Waals surface area (Å²) in [5, 5.41) is 5.33. The van der Waals surface area contributed by atoms with Crippen LogP contribution in [0, 0.1) is 12.3 Å². The van der Waals surface area contributed by atoms with E-state index in [0.29, 0.717) is 6.54 Å². The van der Waals surface area contributed by atoms with Crippen molar-refractivity contribution in [1.29, 1.82) is 0 Å². The Kier molecular flexibility index (Phi) is 3.88. The molecule has 0 unspecified atom stereocenters. The van der Waals surface area contributed by atoms with Crippen molar-refractivity contribution in [2.45, 2.75) is 27.3 Å². The molecule has 1 aromatic heterocycles. The van der Waals surface area contributed by atoms with Gasteiger partial charge in [-0.1, -0.05) is 0 Å². The summed E-state index contributed by atoms with van der Waals surface area (Å²) in [6.07, 6.45) is 0. The molecule has 0 aliphatic carbocycles. The van der Waals surface area contributed by atoms with Crippen molar-refractivity contribution in [2.75, 3.05) is 6.54 Å². The summed E-state index contributed by atoms with van der Waals surface area (Å²) in [6.45, 7) is 7.21. The molecule has 0 atom stereocenters. The van der Waals surface area contributed by atoms with Gasteiger partial charge in [0.1, 0.15) is 0 Å². The third kappa shape index (κ3) is 3.32. The summed E-state index contributed by atoms with van der Waals surface area (Å²) in [5.41, 5.74) is 6.10. The van der Waals surface area contributed by atoms with Crippen LogP contribution in [-0.2, 0) is 11.3 Å². The number of carbonyl (C=O) groups is 1. The fourth-order valence-corrected chi connectivity index (χ4v) is 2.04. The van der Waals surface area contributed by atoms with Crippen molar-refractivity contribution < 1.29 is 4.79 Å². The second-order valence-corrected chi connectivity index (χ2v) is 5.38. The second-order valence-electron chi connectivity index (χ2n) is 4.38. The molecule has 15 heavy (non-hydrogen) atoms. The molecule has 4 heteroatoms. The van der Waals surface area contributed by atoms with Gasteiger partial charge in [-0.2, -0.15) is 0 Å². The summed E-state index contributed by atoms with van der Waals surface area (Å²) in [5.74, 6) is -0.266. The van der Waals surface area contributed by atoms with Crippen LogP contribution in [0.5, 0.6) is 0 Å². The van der Waals surface area contributed by atoms with Crippen molar-refractivity contribution in [3.8, 4) is 0 Å². The molecule has 0 aliphatic heterocycles. The van der Waals surface area contributed by atoms with E-state index < -0.39 is 5.41 Å². The molecule has 84 valence electrons. The number of thiophene rings is 1. The number of primary amides is 1. The second kappa shape index (κ2) is 4.77. The molecule has 0 bridgehead atoms. The number of nitrogens with one attached hydrogen (secondary N) is 1. The average Bonchev–Trinajstić information content (AvgIpc) is 2.51. The Hall–Kier alpha value is -0.870. The van der Waals surface area contributed by atoms with Gasteiger partial charge in [0.15, 0.2) is 0 Å². The predicted octanol–water partition coefficient (Wildman–Crippen LogP) is 1.66. The van der Waals surface area contributed by atoms with Crippen LogP contribution in [0.3, 0.4) is 0 Å². The predicted molar refractivity (Wildman–Crippen MR) is 63.7 cm³/mol. The van der Waals surface area contributed by atoms with Gasteiger partial charge in [0.2, 0.25) is 5.91 Å². The van der Waals surface area contributed by atoms with Crippen molar-refractivity contribution in [3.63, 3.8) is 0 Å². The van der Waals surface area contributed by atoms with Gasteiger partial charge in [0.25, 0.3) is 0 Å². The van der Waals surface area contributed by atoms with Gasteiger partial charge in [0.05, 0.1) is 5.41 Å². The van der Waals surface area contributed by atoms with E-state index >= 15 is 0 Å². The van der Waals surface area contributed by atoms with Crippen molar-refractivity contribution >= 4 is 17.2 Å². The van der Waals surface area contributed by atoms with E-state index in [9.17, 15) is 4.79 Å². The van der Waals surface area contributed by atoms with Crippen molar-refractivity contribution in [1.82, 2.24) is 5.32 Å². The van der Waals surface area contributed by atoms with Gasteiger partial charge in [-0.05, 0) is 37.8 Å². The lowest BCUT2D eigenvalue weighted by atomic mass is 9.93. The van der Waals surface area contributed by atoms with E-state index in [2.05, 4.69) is 23.7 Å². The maximum absolute atomic E-state index is 11.1. The quantitative estimate of drug-likeness (QED) is 0.802. The fourth-order valence-electron chi connectivity index (χ4n) is 1.16. The number of amides is 1. The van der Waals surface area contributed by atoms with Crippen molar-refractivity contribution in [2.24, 2.45) is 11.1 Å². The maximum Gasteiger partial charge on any atom is 0.224 e. The molecule has 3 N–H and O–H groups in total. The lowest BCUT2D eigenvalue weighted by Crippen LogP contribution is -2.40. The zero-order valence-electron chi connectivity index (χ0n) is 9.46. The van der Waals surface area contributed by atoms with Gasteiger partial charge in [-0.15, -0.1) is 11.3 Å². The Balaban J connectivity index is 2.40. The van der Waals surface area contributed by atoms with Crippen LogP contribution in [0.1, 0.15) is 24.3 Å². The molecule has 3 nitrogen and oxygen atoms in total. The summed E-state index contributed by atoms with van der Waals surface area (Å²) < 4.78 is 0. The minimum atomic E-state index is -0.481. The monoisotopic (exact) mass is 226 g/mol. The zero-order chi connectivity index (χ0) is 11.5.